The van der Waals surface area contributed by atoms with Gasteiger partial charge in [0, 0.05) is 0 Å². The zero-order valence-corrected chi connectivity index (χ0v) is 13.4. The molecule has 0 spiro atoms. The maximum atomic E-state index is 12.4. The minimum atomic E-state index is -3.42. The van der Waals surface area contributed by atoms with E-state index in [0.717, 1.165) is 16.7 Å². The molecular weight excluding hydrogens is 282 g/mol. The van der Waals surface area contributed by atoms with Crippen LogP contribution in [-0.2, 0) is 15.8 Å². The lowest BCUT2D eigenvalue weighted by atomic mass is 9.99. The number of hydrogen-bond acceptors (Lipinski definition) is 2. The number of aryl methyl sites for hydroxylation is 1. The van der Waals surface area contributed by atoms with Crippen LogP contribution in [0.1, 0.15) is 36.5 Å². The van der Waals surface area contributed by atoms with Gasteiger partial charge in [-0.25, -0.2) is 8.42 Å². The summed E-state index contributed by atoms with van der Waals surface area (Å²) in [5.41, 5.74) is 3.46. The molecule has 2 rings (SSSR count). The molecule has 0 radical (unpaired) electrons. The number of anilines is 1. The first-order valence-electron chi connectivity index (χ1n) is 7.03. The minimum Gasteiger partial charge on any atom is -0.283 e. The number of nitrogens with one attached hydrogen (secondary N) is 1. The number of benzene rings is 2. The van der Waals surface area contributed by atoms with Gasteiger partial charge in [0.15, 0.2) is 0 Å². The number of sulfonamides is 1. The van der Waals surface area contributed by atoms with Crippen molar-refractivity contribution in [3.63, 3.8) is 0 Å². The van der Waals surface area contributed by atoms with E-state index in [2.05, 4.69) is 18.6 Å². The van der Waals surface area contributed by atoms with Crippen LogP contribution in [0.4, 0.5) is 5.69 Å². The van der Waals surface area contributed by atoms with Crippen LogP contribution in [0.2, 0.25) is 0 Å². The Morgan fingerprint density at radius 3 is 2.29 bits per heavy atom. The highest BCUT2D eigenvalue weighted by Crippen LogP contribution is 2.28. The monoisotopic (exact) mass is 303 g/mol. The van der Waals surface area contributed by atoms with Gasteiger partial charge in [0.1, 0.15) is 0 Å². The maximum absolute atomic E-state index is 12.4. The summed E-state index contributed by atoms with van der Waals surface area (Å²) in [6.45, 7) is 6.04. The van der Waals surface area contributed by atoms with Crippen molar-refractivity contribution < 1.29 is 8.42 Å². The second-order valence-corrected chi connectivity index (χ2v) is 7.26. The van der Waals surface area contributed by atoms with E-state index >= 15 is 0 Å². The molecule has 0 aliphatic rings. The van der Waals surface area contributed by atoms with Gasteiger partial charge in [0.05, 0.1) is 11.4 Å². The van der Waals surface area contributed by atoms with E-state index in [1.807, 2.05) is 55.5 Å². The third-order valence-corrected chi connectivity index (χ3v) is 4.61. The van der Waals surface area contributed by atoms with E-state index in [1.54, 1.807) is 0 Å². The highest BCUT2D eigenvalue weighted by molar-refractivity contribution is 7.91. The number of hydrogen-bond donors (Lipinski definition) is 1. The van der Waals surface area contributed by atoms with Crippen LogP contribution in [0.25, 0.3) is 0 Å². The summed E-state index contributed by atoms with van der Waals surface area (Å²) in [4.78, 5) is 0. The van der Waals surface area contributed by atoms with Crippen molar-refractivity contribution >= 4 is 15.7 Å². The van der Waals surface area contributed by atoms with Crippen LogP contribution >= 0.6 is 0 Å². The second kappa shape index (κ2) is 6.31. The van der Waals surface area contributed by atoms with Gasteiger partial charge in [-0.1, -0.05) is 62.4 Å². The predicted octanol–water partition coefficient (Wildman–Crippen LogP) is 4.06. The van der Waals surface area contributed by atoms with E-state index in [9.17, 15) is 8.42 Å². The zero-order valence-electron chi connectivity index (χ0n) is 12.6. The molecule has 0 aliphatic carbocycles. The largest absolute Gasteiger partial charge is 0.283 e. The van der Waals surface area contributed by atoms with Gasteiger partial charge >= 0.3 is 0 Å². The Labute approximate surface area is 127 Å². The van der Waals surface area contributed by atoms with Gasteiger partial charge < -0.3 is 0 Å². The zero-order chi connectivity index (χ0) is 15.5. The Bertz CT molecular complexity index is 707. The summed E-state index contributed by atoms with van der Waals surface area (Å²) >= 11 is 0. The summed E-state index contributed by atoms with van der Waals surface area (Å²) in [7, 11) is -3.42. The lowest BCUT2D eigenvalue weighted by molar-refractivity contribution is 0.600. The molecule has 0 unspecified atom stereocenters. The van der Waals surface area contributed by atoms with Gasteiger partial charge in [-0.2, -0.15) is 0 Å². The second-order valence-electron chi connectivity index (χ2n) is 5.54. The Morgan fingerprint density at radius 1 is 1.00 bits per heavy atom. The fraction of sp³-hybridized carbons (Fsp3) is 0.294. The van der Waals surface area contributed by atoms with Crippen molar-refractivity contribution in [2.75, 3.05) is 4.72 Å². The molecule has 0 saturated carbocycles. The van der Waals surface area contributed by atoms with Crippen LogP contribution in [-0.4, -0.2) is 8.42 Å². The first kappa shape index (κ1) is 15.6. The molecular formula is C17H21NO2S. The Kier molecular flexibility index (Phi) is 4.68. The Hall–Kier alpha value is -1.81. The summed E-state index contributed by atoms with van der Waals surface area (Å²) in [5.74, 6) is 0.249. The third-order valence-electron chi connectivity index (χ3n) is 3.38. The molecule has 2 aromatic rings. The SMILES string of the molecule is Cc1cccc(C(C)C)c1NS(=O)(=O)Cc1ccccc1. The van der Waals surface area contributed by atoms with Crippen LogP contribution in [0.3, 0.4) is 0 Å². The van der Waals surface area contributed by atoms with E-state index < -0.39 is 10.0 Å². The van der Waals surface area contributed by atoms with Gasteiger partial charge in [-0.15, -0.1) is 0 Å². The molecule has 0 heterocycles. The van der Waals surface area contributed by atoms with Gasteiger partial charge in [-0.3, -0.25) is 4.72 Å². The van der Waals surface area contributed by atoms with Crippen LogP contribution in [0, 0.1) is 6.92 Å². The van der Waals surface area contributed by atoms with E-state index in [-0.39, 0.29) is 11.7 Å². The summed E-state index contributed by atoms with van der Waals surface area (Å²) in [5, 5.41) is 0. The Morgan fingerprint density at radius 2 is 1.67 bits per heavy atom. The molecule has 0 aliphatic heterocycles. The average molecular weight is 303 g/mol. The van der Waals surface area contributed by atoms with Crippen molar-refractivity contribution in [1.82, 2.24) is 0 Å². The molecule has 4 heteroatoms. The predicted molar refractivity (Wildman–Crippen MR) is 88.0 cm³/mol. The van der Waals surface area contributed by atoms with Gasteiger partial charge in [-0.05, 0) is 29.5 Å². The number of para-hydroxylation sites is 1. The van der Waals surface area contributed by atoms with Crippen molar-refractivity contribution in [2.45, 2.75) is 32.4 Å². The lowest BCUT2D eigenvalue weighted by Gasteiger charge is -2.17. The van der Waals surface area contributed by atoms with E-state index in [1.165, 1.54) is 0 Å². The molecule has 112 valence electrons. The smallest absolute Gasteiger partial charge is 0.236 e. The molecule has 0 atom stereocenters. The topological polar surface area (TPSA) is 46.2 Å². The molecule has 0 fully saturated rings. The van der Waals surface area contributed by atoms with Gasteiger partial charge in [0.2, 0.25) is 10.0 Å². The molecule has 21 heavy (non-hydrogen) atoms. The molecule has 1 N–H and O–H groups in total. The van der Waals surface area contributed by atoms with E-state index in [4.69, 9.17) is 0 Å². The van der Waals surface area contributed by atoms with Crippen molar-refractivity contribution in [2.24, 2.45) is 0 Å². The normalized spacial score (nSPS) is 11.6. The molecule has 0 amide bonds. The Balaban J connectivity index is 2.29. The minimum absolute atomic E-state index is 0.0142. The molecule has 0 aromatic heterocycles. The van der Waals surface area contributed by atoms with Crippen molar-refractivity contribution in [3.8, 4) is 0 Å². The van der Waals surface area contributed by atoms with Crippen molar-refractivity contribution in [3.05, 3.63) is 65.2 Å². The van der Waals surface area contributed by atoms with Gasteiger partial charge in [0.25, 0.3) is 0 Å². The molecule has 2 aromatic carbocycles. The number of rotatable bonds is 5. The summed E-state index contributed by atoms with van der Waals surface area (Å²) < 4.78 is 27.5. The van der Waals surface area contributed by atoms with Crippen LogP contribution < -0.4 is 4.72 Å². The lowest BCUT2D eigenvalue weighted by Crippen LogP contribution is -2.17. The highest BCUT2D eigenvalue weighted by atomic mass is 32.2. The molecule has 3 nitrogen and oxygen atoms in total. The summed E-state index contributed by atoms with van der Waals surface area (Å²) in [6, 6.07) is 15.1. The average Bonchev–Trinajstić information content (AvgIpc) is 2.41. The highest BCUT2D eigenvalue weighted by Gasteiger charge is 2.16. The summed E-state index contributed by atoms with van der Waals surface area (Å²) in [6.07, 6.45) is 0. The standard InChI is InChI=1S/C17H21NO2S/c1-13(2)16-11-7-8-14(3)17(16)18-21(19,20)12-15-9-5-4-6-10-15/h4-11,13,18H,12H2,1-3H3. The molecule has 0 saturated heterocycles. The van der Waals surface area contributed by atoms with E-state index in [0.29, 0.717) is 5.69 Å². The van der Waals surface area contributed by atoms with Crippen molar-refractivity contribution in [1.29, 1.82) is 0 Å². The maximum Gasteiger partial charge on any atom is 0.236 e. The quantitative estimate of drug-likeness (QED) is 0.905. The first-order valence-corrected chi connectivity index (χ1v) is 8.68. The van der Waals surface area contributed by atoms with Crippen LogP contribution in [0.5, 0.6) is 0 Å². The fourth-order valence-corrected chi connectivity index (χ4v) is 3.59. The first-order chi connectivity index (χ1) is 9.89. The van der Waals surface area contributed by atoms with Crippen LogP contribution in [0.15, 0.2) is 48.5 Å². The third kappa shape index (κ3) is 4.08. The fourth-order valence-electron chi connectivity index (χ4n) is 2.30. The molecule has 0 bridgehead atoms.